The highest BCUT2D eigenvalue weighted by molar-refractivity contribution is 5.97. The molecule has 1 rings (SSSR count). The molecule has 0 bridgehead atoms. The van der Waals surface area contributed by atoms with Gasteiger partial charge in [-0.15, -0.1) is 0 Å². The molecule has 0 aliphatic carbocycles. The first kappa shape index (κ1) is 11.2. The SMILES string of the molecule is CCNC(=O)c1cc(C(N)=O)nn1CC. The van der Waals surface area contributed by atoms with Crippen molar-refractivity contribution < 1.29 is 9.59 Å². The molecule has 0 fully saturated rings. The third kappa shape index (κ3) is 2.34. The van der Waals surface area contributed by atoms with Crippen molar-refractivity contribution in [1.82, 2.24) is 15.1 Å². The first-order valence-corrected chi connectivity index (χ1v) is 4.76. The maximum absolute atomic E-state index is 11.5. The summed E-state index contributed by atoms with van der Waals surface area (Å²) >= 11 is 0. The fourth-order valence-corrected chi connectivity index (χ4v) is 1.21. The standard InChI is InChI=1S/C9H14N4O2/c1-3-11-9(15)7-5-6(8(10)14)12-13(7)4-2/h5H,3-4H2,1-2H3,(H2,10,14)(H,11,15). The molecule has 0 aromatic carbocycles. The summed E-state index contributed by atoms with van der Waals surface area (Å²) < 4.78 is 1.45. The molecule has 3 N–H and O–H groups in total. The molecular weight excluding hydrogens is 196 g/mol. The summed E-state index contributed by atoms with van der Waals surface area (Å²) in [5.41, 5.74) is 5.54. The average Bonchev–Trinajstić information content (AvgIpc) is 2.61. The van der Waals surface area contributed by atoms with Gasteiger partial charge in [-0.25, -0.2) is 0 Å². The maximum Gasteiger partial charge on any atom is 0.269 e. The Labute approximate surface area is 87.4 Å². The number of carbonyl (C=O) groups is 2. The van der Waals surface area contributed by atoms with Crippen LogP contribution in [0.2, 0.25) is 0 Å². The third-order valence-electron chi connectivity index (χ3n) is 1.90. The van der Waals surface area contributed by atoms with Gasteiger partial charge in [-0.05, 0) is 13.8 Å². The van der Waals surface area contributed by atoms with E-state index in [0.717, 1.165) is 0 Å². The summed E-state index contributed by atoms with van der Waals surface area (Å²) in [5, 5.41) is 6.55. The van der Waals surface area contributed by atoms with Gasteiger partial charge in [0, 0.05) is 19.2 Å². The summed E-state index contributed by atoms with van der Waals surface area (Å²) in [5.74, 6) is -0.882. The molecule has 1 heterocycles. The van der Waals surface area contributed by atoms with E-state index in [1.165, 1.54) is 10.7 Å². The number of nitrogens with zero attached hydrogens (tertiary/aromatic N) is 2. The van der Waals surface area contributed by atoms with Crippen LogP contribution in [0.25, 0.3) is 0 Å². The fraction of sp³-hybridized carbons (Fsp3) is 0.444. The van der Waals surface area contributed by atoms with Crippen molar-refractivity contribution in [2.24, 2.45) is 5.73 Å². The van der Waals surface area contributed by atoms with Gasteiger partial charge in [0.05, 0.1) is 0 Å². The van der Waals surface area contributed by atoms with Gasteiger partial charge in [0.25, 0.3) is 11.8 Å². The van der Waals surface area contributed by atoms with Gasteiger partial charge in [-0.1, -0.05) is 0 Å². The second-order valence-corrected chi connectivity index (χ2v) is 2.95. The predicted octanol–water partition coefficient (Wildman–Crippen LogP) is -0.248. The van der Waals surface area contributed by atoms with Crippen LogP contribution in [0.3, 0.4) is 0 Å². The van der Waals surface area contributed by atoms with E-state index < -0.39 is 5.91 Å². The van der Waals surface area contributed by atoms with E-state index in [0.29, 0.717) is 18.8 Å². The number of aryl methyl sites for hydroxylation is 1. The minimum atomic E-state index is -0.632. The number of carbonyl (C=O) groups excluding carboxylic acids is 2. The van der Waals surface area contributed by atoms with Gasteiger partial charge >= 0.3 is 0 Å². The van der Waals surface area contributed by atoms with E-state index in [9.17, 15) is 9.59 Å². The quantitative estimate of drug-likeness (QED) is 0.718. The largest absolute Gasteiger partial charge is 0.364 e. The van der Waals surface area contributed by atoms with E-state index in [1.807, 2.05) is 13.8 Å². The summed E-state index contributed by atoms with van der Waals surface area (Å²) in [6.07, 6.45) is 0. The lowest BCUT2D eigenvalue weighted by Gasteiger charge is -2.03. The molecular formula is C9H14N4O2. The number of amides is 2. The first-order valence-electron chi connectivity index (χ1n) is 4.76. The Kier molecular flexibility index (Phi) is 3.43. The molecule has 0 aliphatic heterocycles. The van der Waals surface area contributed by atoms with Crippen LogP contribution in [0.15, 0.2) is 6.07 Å². The van der Waals surface area contributed by atoms with Crippen molar-refractivity contribution >= 4 is 11.8 Å². The molecule has 15 heavy (non-hydrogen) atoms. The van der Waals surface area contributed by atoms with E-state index >= 15 is 0 Å². The predicted molar refractivity (Wildman–Crippen MR) is 54.4 cm³/mol. The Morgan fingerprint density at radius 2 is 2.20 bits per heavy atom. The van der Waals surface area contributed by atoms with Gasteiger partial charge in [0.1, 0.15) is 5.69 Å². The van der Waals surface area contributed by atoms with Gasteiger partial charge < -0.3 is 11.1 Å². The summed E-state index contributed by atoms with van der Waals surface area (Å²) in [6.45, 7) is 4.69. The number of hydrogen-bond donors (Lipinski definition) is 2. The Bertz CT molecular complexity index is 383. The van der Waals surface area contributed by atoms with Crippen LogP contribution in [0.1, 0.15) is 34.8 Å². The molecule has 0 saturated carbocycles. The number of aromatic nitrogens is 2. The molecule has 0 radical (unpaired) electrons. The van der Waals surface area contributed by atoms with Crippen LogP contribution in [0, 0.1) is 0 Å². The Balaban J connectivity index is 3.05. The lowest BCUT2D eigenvalue weighted by Crippen LogP contribution is -2.25. The zero-order chi connectivity index (χ0) is 11.4. The minimum absolute atomic E-state index is 0.109. The highest BCUT2D eigenvalue weighted by Crippen LogP contribution is 2.04. The number of nitrogens with two attached hydrogens (primary N) is 1. The van der Waals surface area contributed by atoms with Crippen LogP contribution in [-0.2, 0) is 6.54 Å². The Morgan fingerprint density at radius 1 is 1.53 bits per heavy atom. The second kappa shape index (κ2) is 4.59. The molecule has 6 heteroatoms. The van der Waals surface area contributed by atoms with Crippen LogP contribution in [0.4, 0.5) is 0 Å². The van der Waals surface area contributed by atoms with Crippen LogP contribution < -0.4 is 11.1 Å². The summed E-state index contributed by atoms with van der Waals surface area (Å²) in [4.78, 5) is 22.4. The van der Waals surface area contributed by atoms with Crippen molar-refractivity contribution in [2.45, 2.75) is 20.4 Å². The van der Waals surface area contributed by atoms with Crippen molar-refractivity contribution in [3.05, 3.63) is 17.5 Å². The molecule has 6 nitrogen and oxygen atoms in total. The molecule has 0 aliphatic rings. The highest BCUT2D eigenvalue weighted by Gasteiger charge is 2.15. The zero-order valence-electron chi connectivity index (χ0n) is 8.78. The van der Waals surface area contributed by atoms with Crippen molar-refractivity contribution in [2.75, 3.05) is 6.54 Å². The maximum atomic E-state index is 11.5. The fourth-order valence-electron chi connectivity index (χ4n) is 1.21. The summed E-state index contributed by atoms with van der Waals surface area (Å²) in [7, 11) is 0. The molecule has 0 unspecified atom stereocenters. The van der Waals surface area contributed by atoms with Crippen LogP contribution in [0.5, 0.6) is 0 Å². The summed E-state index contributed by atoms with van der Waals surface area (Å²) in [6, 6.07) is 1.40. The van der Waals surface area contributed by atoms with Crippen molar-refractivity contribution in [1.29, 1.82) is 0 Å². The lowest BCUT2D eigenvalue weighted by molar-refractivity contribution is 0.0944. The van der Waals surface area contributed by atoms with Crippen molar-refractivity contribution in [3.63, 3.8) is 0 Å². The smallest absolute Gasteiger partial charge is 0.269 e. The number of hydrogen-bond acceptors (Lipinski definition) is 3. The third-order valence-corrected chi connectivity index (χ3v) is 1.90. The van der Waals surface area contributed by atoms with E-state index in [1.54, 1.807) is 0 Å². The molecule has 0 saturated heterocycles. The van der Waals surface area contributed by atoms with Gasteiger partial charge in [-0.2, -0.15) is 5.10 Å². The average molecular weight is 210 g/mol. The second-order valence-electron chi connectivity index (χ2n) is 2.95. The van der Waals surface area contributed by atoms with Crippen LogP contribution >= 0.6 is 0 Å². The normalized spacial score (nSPS) is 10.0. The molecule has 82 valence electrons. The Hall–Kier alpha value is -1.85. The monoisotopic (exact) mass is 210 g/mol. The van der Waals surface area contributed by atoms with Gasteiger partial charge in [0.2, 0.25) is 0 Å². The minimum Gasteiger partial charge on any atom is -0.364 e. The van der Waals surface area contributed by atoms with Crippen LogP contribution in [-0.4, -0.2) is 28.1 Å². The molecule has 1 aromatic rings. The lowest BCUT2D eigenvalue weighted by atomic mass is 10.3. The van der Waals surface area contributed by atoms with Gasteiger partial charge in [-0.3, -0.25) is 14.3 Å². The number of rotatable bonds is 4. The van der Waals surface area contributed by atoms with E-state index in [-0.39, 0.29) is 11.6 Å². The molecule has 0 atom stereocenters. The van der Waals surface area contributed by atoms with Crippen molar-refractivity contribution in [3.8, 4) is 0 Å². The van der Waals surface area contributed by atoms with E-state index in [2.05, 4.69) is 10.4 Å². The molecule has 2 amide bonds. The highest BCUT2D eigenvalue weighted by atomic mass is 16.2. The number of primary amides is 1. The molecule has 0 spiro atoms. The topological polar surface area (TPSA) is 90.0 Å². The van der Waals surface area contributed by atoms with Gasteiger partial charge in [0.15, 0.2) is 5.69 Å². The first-order chi connectivity index (χ1) is 7.10. The Morgan fingerprint density at radius 3 is 2.67 bits per heavy atom. The number of nitrogens with one attached hydrogen (secondary N) is 1. The zero-order valence-corrected chi connectivity index (χ0v) is 8.78. The van der Waals surface area contributed by atoms with E-state index in [4.69, 9.17) is 5.73 Å². The molecule has 1 aromatic heterocycles.